The molecular weight excluding hydrogens is 168 g/mol. The average molecular weight is 184 g/mol. The maximum absolute atomic E-state index is 11.2. The highest BCUT2D eigenvalue weighted by atomic mass is 16.2. The number of rotatable bonds is 1. The summed E-state index contributed by atoms with van der Waals surface area (Å²) in [6.45, 7) is 4.16. The van der Waals surface area contributed by atoms with Crippen molar-refractivity contribution in [2.75, 3.05) is 6.54 Å². The molecule has 1 heterocycles. The van der Waals surface area contributed by atoms with E-state index in [0.29, 0.717) is 0 Å². The first-order valence-corrected chi connectivity index (χ1v) is 4.60. The Bertz CT molecular complexity index is 206. The fourth-order valence-corrected chi connectivity index (χ4v) is 1.97. The van der Waals surface area contributed by atoms with Gasteiger partial charge in [-0.2, -0.15) is 0 Å². The molecule has 1 fully saturated rings. The van der Waals surface area contributed by atoms with Crippen molar-refractivity contribution in [3.05, 3.63) is 0 Å². The van der Waals surface area contributed by atoms with E-state index in [4.69, 9.17) is 5.73 Å². The van der Waals surface area contributed by atoms with Gasteiger partial charge in [0, 0.05) is 19.5 Å². The van der Waals surface area contributed by atoms with Gasteiger partial charge in [0.1, 0.15) is 0 Å². The number of amides is 2. The number of primary amides is 1. The molecule has 2 amide bonds. The molecule has 2 unspecified atom stereocenters. The summed E-state index contributed by atoms with van der Waals surface area (Å²) < 4.78 is 0. The van der Waals surface area contributed by atoms with Gasteiger partial charge in [-0.1, -0.05) is 0 Å². The third kappa shape index (κ3) is 1.99. The zero-order valence-electron chi connectivity index (χ0n) is 8.12. The lowest BCUT2D eigenvalue weighted by molar-refractivity contribution is -0.136. The molecule has 1 rings (SSSR count). The number of nitrogens with two attached hydrogens (primary N) is 1. The van der Waals surface area contributed by atoms with E-state index in [0.717, 1.165) is 19.4 Å². The molecule has 0 saturated carbocycles. The minimum Gasteiger partial charge on any atom is -0.369 e. The van der Waals surface area contributed by atoms with Gasteiger partial charge in [0.2, 0.25) is 11.8 Å². The standard InChI is InChI=1S/C9H16N2O2/c1-6-8(9(10)13)4-3-5-11(6)7(2)12/h6,8H,3-5H2,1-2H3,(H2,10,13). The normalized spacial score (nSPS) is 28.6. The highest BCUT2D eigenvalue weighted by Gasteiger charge is 2.32. The van der Waals surface area contributed by atoms with Crippen molar-refractivity contribution in [1.82, 2.24) is 4.90 Å². The molecule has 2 atom stereocenters. The highest BCUT2D eigenvalue weighted by molar-refractivity contribution is 5.79. The van der Waals surface area contributed by atoms with Gasteiger partial charge in [-0.05, 0) is 19.8 Å². The van der Waals surface area contributed by atoms with Crippen molar-refractivity contribution >= 4 is 11.8 Å². The van der Waals surface area contributed by atoms with Gasteiger partial charge in [-0.25, -0.2) is 0 Å². The Balaban J connectivity index is 2.71. The zero-order valence-corrected chi connectivity index (χ0v) is 8.12. The van der Waals surface area contributed by atoms with E-state index < -0.39 is 0 Å². The van der Waals surface area contributed by atoms with Gasteiger partial charge < -0.3 is 10.6 Å². The van der Waals surface area contributed by atoms with Crippen LogP contribution in [0.15, 0.2) is 0 Å². The van der Waals surface area contributed by atoms with Gasteiger partial charge in [0.05, 0.1) is 5.92 Å². The maximum Gasteiger partial charge on any atom is 0.222 e. The molecule has 0 bridgehead atoms. The number of likely N-dealkylation sites (tertiary alicyclic amines) is 1. The Hall–Kier alpha value is -1.06. The van der Waals surface area contributed by atoms with Crippen molar-refractivity contribution in [2.45, 2.75) is 32.7 Å². The summed E-state index contributed by atoms with van der Waals surface area (Å²) in [5, 5.41) is 0. The van der Waals surface area contributed by atoms with Crippen molar-refractivity contribution in [3.63, 3.8) is 0 Å². The van der Waals surface area contributed by atoms with Crippen LogP contribution in [0.3, 0.4) is 0 Å². The van der Waals surface area contributed by atoms with Crippen LogP contribution >= 0.6 is 0 Å². The fraction of sp³-hybridized carbons (Fsp3) is 0.778. The third-order valence-corrected chi connectivity index (χ3v) is 2.76. The molecule has 0 aliphatic carbocycles. The van der Waals surface area contributed by atoms with E-state index in [1.807, 2.05) is 6.92 Å². The molecule has 0 aromatic heterocycles. The minimum atomic E-state index is -0.293. The van der Waals surface area contributed by atoms with E-state index in [9.17, 15) is 9.59 Å². The van der Waals surface area contributed by atoms with Crippen molar-refractivity contribution in [2.24, 2.45) is 11.7 Å². The molecule has 2 N–H and O–H groups in total. The Morgan fingerprint density at radius 1 is 1.46 bits per heavy atom. The Morgan fingerprint density at radius 2 is 2.08 bits per heavy atom. The summed E-state index contributed by atoms with van der Waals surface area (Å²) in [7, 11) is 0. The van der Waals surface area contributed by atoms with Crippen LogP contribution < -0.4 is 5.73 Å². The summed E-state index contributed by atoms with van der Waals surface area (Å²) in [5.74, 6) is -0.436. The fourth-order valence-electron chi connectivity index (χ4n) is 1.97. The van der Waals surface area contributed by atoms with Crippen LogP contribution in [0.25, 0.3) is 0 Å². The van der Waals surface area contributed by atoms with Crippen LogP contribution in [0.1, 0.15) is 26.7 Å². The van der Waals surface area contributed by atoms with Gasteiger partial charge in [-0.3, -0.25) is 9.59 Å². The first kappa shape index (κ1) is 10.0. The number of piperidine rings is 1. The molecular formula is C9H16N2O2. The SMILES string of the molecule is CC(=O)N1CCCC(C(N)=O)C1C. The number of carbonyl (C=O) groups excluding carboxylic acids is 2. The molecule has 0 aromatic carbocycles. The van der Waals surface area contributed by atoms with Crippen LogP contribution in [-0.4, -0.2) is 29.3 Å². The topological polar surface area (TPSA) is 63.4 Å². The summed E-state index contributed by atoms with van der Waals surface area (Å²) in [5.41, 5.74) is 5.24. The van der Waals surface area contributed by atoms with Crippen LogP contribution in [0.5, 0.6) is 0 Å². The van der Waals surface area contributed by atoms with E-state index >= 15 is 0 Å². The van der Waals surface area contributed by atoms with E-state index in [1.54, 1.807) is 4.90 Å². The number of carbonyl (C=O) groups is 2. The molecule has 0 spiro atoms. The Labute approximate surface area is 78.1 Å². The van der Waals surface area contributed by atoms with Crippen molar-refractivity contribution in [1.29, 1.82) is 0 Å². The summed E-state index contributed by atoms with van der Waals surface area (Å²) >= 11 is 0. The average Bonchev–Trinajstić information content (AvgIpc) is 2.03. The summed E-state index contributed by atoms with van der Waals surface area (Å²) in [6, 6.07) is -0.0382. The van der Waals surface area contributed by atoms with E-state index in [1.165, 1.54) is 6.92 Å². The number of hydrogen-bond donors (Lipinski definition) is 1. The van der Waals surface area contributed by atoms with Crippen molar-refractivity contribution in [3.8, 4) is 0 Å². The second-order valence-corrected chi connectivity index (χ2v) is 3.60. The highest BCUT2D eigenvalue weighted by Crippen LogP contribution is 2.22. The van der Waals surface area contributed by atoms with Crippen LogP contribution in [0.2, 0.25) is 0 Å². The monoisotopic (exact) mass is 184 g/mol. The zero-order chi connectivity index (χ0) is 10.0. The Kier molecular flexibility index (Phi) is 2.90. The van der Waals surface area contributed by atoms with E-state index in [2.05, 4.69) is 0 Å². The smallest absolute Gasteiger partial charge is 0.222 e. The first-order chi connectivity index (χ1) is 6.04. The van der Waals surface area contributed by atoms with Crippen molar-refractivity contribution < 1.29 is 9.59 Å². The number of hydrogen-bond acceptors (Lipinski definition) is 2. The molecule has 74 valence electrons. The molecule has 0 radical (unpaired) electrons. The molecule has 4 nitrogen and oxygen atoms in total. The minimum absolute atomic E-state index is 0.0263. The van der Waals surface area contributed by atoms with Crippen LogP contribution in [-0.2, 0) is 9.59 Å². The number of nitrogens with zero attached hydrogens (tertiary/aromatic N) is 1. The predicted octanol–water partition coefficient (Wildman–Crippen LogP) is 0.119. The molecule has 4 heteroatoms. The molecule has 1 saturated heterocycles. The first-order valence-electron chi connectivity index (χ1n) is 4.60. The van der Waals surface area contributed by atoms with Crippen LogP contribution in [0.4, 0.5) is 0 Å². The van der Waals surface area contributed by atoms with Gasteiger partial charge in [0.25, 0.3) is 0 Å². The van der Waals surface area contributed by atoms with Gasteiger partial charge in [-0.15, -0.1) is 0 Å². The lowest BCUT2D eigenvalue weighted by Crippen LogP contribution is -2.49. The van der Waals surface area contributed by atoms with Crippen LogP contribution in [0, 0.1) is 5.92 Å². The second kappa shape index (κ2) is 3.77. The quantitative estimate of drug-likeness (QED) is 0.629. The van der Waals surface area contributed by atoms with Gasteiger partial charge in [0.15, 0.2) is 0 Å². The Morgan fingerprint density at radius 3 is 2.54 bits per heavy atom. The lowest BCUT2D eigenvalue weighted by Gasteiger charge is -2.37. The summed E-state index contributed by atoms with van der Waals surface area (Å²) in [6.07, 6.45) is 1.68. The lowest BCUT2D eigenvalue weighted by atomic mass is 9.89. The van der Waals surface area contributed by atoms with Gasteiger partial charge >= 0.3 is 0 Å². The molecule has 13 heavy (non-hydrogen) atoms. The summed E-state index contributed by atoms with van der Waals surface area (Å²) in [4.78, 5) is 23.9. The molecule has 1 aliphatic rings. The van der Waals surface area contributed by atoms with E-state index in [-0.39, 0.29) is 23.8 Å². The third-order valence-electron chi connectivity index (χ3n) is 2.76. The largest absolute Gasteiger partial charge is 0.369 e. The predicted molar refractivity (Wildman–Crippen MR) is 48.8 cm³/mol. The molecule has 1 aliphatic heterocycles. The maximum atomic E-state index is 11.2. The molecule has 0 aromatic rings. The second-order valence-electron chi connectivity index (χ2n) is 3.60.